The molecule has 1 amide bonds. The molecule has 36 heavy (non-hydrogen) atoms. The molecule has 0 bridgehead atoms. The second kappa shape index (κ2) is 9.33. The van der Waals surface area contributed by atoms with E-state index in [-0.39, 0.29) is 17.5 Å². The number of carbonyl (C=O) groups is 1. The molecule has 3 aromatic heterocycles. The summed E-state index contributed by atoms with van der Waals surface area (Å²) in [6.07, 6.45) is 1.73. The number of aryl methyl sites for hydroxylation is 1. The molecule has 4 heterocycles. The zero-order chi connectivity index (χ0) is 24.6. The van der Waals surface area contributed by atoms with Crippen LogP contribution in [0.5, 0.6) is 0 Å². The minimum Gasteiger partial charge on any atom is -0.335 e. The van der Waals surface area contributed by atoms with Crippen molar-refractivity contribution in [3.05, 3.63) is 117 Å². The lowest BCUT2D eigenvalue weighted by atomic mass is 9.96. The first kappa shape index (κ1) is 22.6. The Kier molecular flexibility index (Phi) is 5.87. The Morgan fingerprint density at radius 3 is 2.17 bits per heavy atom. The molecule has 1 aliphatic rings. The van der Waals surface area contributed by atoms with Crippen LogP contribution in [0, 0.1) is 6.92 Å². The fraction of sp³-hybridized carbons (Fsp3) is 0.207. The van der Waals surface area contributed by atoms with Crippen LogP contribution in [-0.4, -0.2) is 51.3 Å². The van der Waals surface area contributed by atoms with Gasteiger partial charge in [0.05, 0.1) is 16.3 Å². The van der Waals surface area contributed by atoms with Crippen molar-refractivity contribution in [1.29, 1.82) is 0 Å². The summed E-state index contributed by atoms with van der Waals surface area (Å²) in [5, 5.41) is 0.498. The summed E-state index contributed by atoms with van der Waals surface area (Å²) in [7, 11) is 0. The van der Waals surface area contributed by atoms with Gasteiger partial charge in [-0.25, -0.2) is 4.98 Å². The van der Waals surface area contributed by atoms with Gasteiger partial charge in [-0.05, 0) is 35.7 Å². The fourth-order valence-electron chi connectivity index (χ4n) is 5.09. The topological polar surface area (TPSA) is 57.9 Å². The van der Waals surface area contributed by atoms with Crippen LogP contribution in [0.25, 0.3) is 15.9 Å². The van der Waals surface area contributed by atoms with E-state index in [2.05, 4.69) is 53.4 Å². The number of pyridine rings is 1. The van der Waals surface area contributed by atoms with E-state index in [4.69, 9.17) is 4.98 Å². The highest BCUT2D eigenvalue weighted by molar-refractivity contribution is 7.20. The van der Waals surface area contributed by atoms with E-state index >= 15 is 0 Å². The second-order valence-corrected chi connectivity index (χ2v) is 10.2. The summed E-state index contributed by atoms with van der Waals surface area (Å²) in [5.41, 5.74) is 3.94. The summed E-state index contributed by atoms with van der Waals surface area (Å²) in [6.45, 7) is 4.75. The summed E-state index contributed by atoms with van der Waals surface area (Å²) in [5.74, 6) is -0.0289. The van der Waals surface area contributed by atoms with Crippen LogP contribution >= 0.6 is 11.3 Å². The normalized spacial score (nSPS) is 14.7. The monoisotopic (exact) mass is 494 g/mol. The van der Waals surface area contributed by atoms with Crippen molar-refractivity contribution in [2.75, 3.05) is 26.2 Å². The summed E-state index contributed by atoms with van der Waals surface area (Å²) < 4.78 is 1.56. The molecule has 5 aromatic rings. The Bertz CT molecular complexity index is 1560. The predicted molar refractivity (Wildman–Crippen MR) is 144 cm³/mol. The van der Waals surface area contributed by atoms with Crippen molar-refractivity contribution >= 4 is 33.1 Å². The molecule has 6 nitrogen and oxygen atoms in total. The molecule has 7 heteroatoms. The molecular weight excluding hydrogens is 468 g/mol. The van der Waals surface area contributed by atoms with Crippen molar-refractivity contribution in [3.8, 4) is 0 Å². The minimum absolute atomic E-state index is 0.0289. The van der Waals surface area contributed by atoms with Gasteiger partial charge in [0.2, 0.25) is 0 Å². The Morgan fingerprint density at radius 2 is 1.53 bits per heavy atom. The number of aromatic nitrogens is 2. The van der Waals surface area contributed by atoms with Gasteiger partial charge in [-0.1, -0.05) is 66.7 Å². The van der Waals surface area contributed by atoms with Crippen LogP contribution in [0.15, 0.2) is 89.9 Å². The zero-order valence-corrected chi connectivity index (χ0v) is 20.8. The number of fused-ring (bicyclic) bond motifs is 2. The minimum atomic E-state index is -0.132. The molecule has 1 fully saturated rings. The van der Waals surface area contributed by atoms with Gasteiger partial charge in [-0.2, -0.15) is 0 Å². The van der Waals surface area contributed by atoms with Gasteiger partial charge in [0.25, 0.3) is 11.5 Å². The van der Waals surface area contributed by atoms with Crippen molar-refractivity contribution in [3.63, 3.8) is 0 Å². The van der Waals surface area contributed by atoms with Crippen LogP contribution in [-0.2, 0) is 0 Å². The van der Waals surface area contributed by atoms with Gasteiger partial charge < -0.3 is 4.90 Å². The van der Waals surface area contributed by atoms with E-state index in [0.29, 0.717) is 33.8 Å². The number of carbonyl (C=O) groups excluding carboxylic acids is 1. The number of thiophene rings is 1. The summed E-state index contributed by atoms with van der Waals surface area (Å²) in [4.78, 5) is 36.7. The molecule has 0 saturated carbocycles. The first-order valence-corrected chi connectivity index (χ1v) is 13.0. The Balaban J connectivity index is 1.25. The number of nitrogens with zero attached hydrogens (tertiary/aromatic N) is 4. The van der Waals surface area contributed by atoms with Gasteiger partial charge in [0.15, 0.2) is 0 Å². The second-order valence-electron chi connectivity index (χ2n) is 9.18. The number of amides is 1. The third-order valence-electron chi connectivity index (χ3n) is 6.94. The molecule has 6 rings (SSSR count). The van der Waals surface area contributed by atoms with Gasteiger partial charge in [-0.15, -0.1) is 11.3 Å². The Morgan fingerprint density at radius 1 is 0.889 bits per heavy atom. The molecule has 1 saturated heterocycles. The number of hydrogen-bond acceptors (Lipinski definition) is 5. The summed E-state index contributed by atoms with van der Waals surface area (Å²) >= 11 is 1.31. The van der Waals surface area contributed by atoms with Crippen LogP contribution in [0.2, 0.25) is 0 Å². The number of benzene rings is 2. The molecule has 0 radical (unpaired) electrons. The third-order valence-corrected chi connectivity index (χ3v) is 7.96. The molecule has 0 unspecified atom stereocenters. The van der Waals surface area contributed by atoms with E-state index in [1.165, 1.54) is 22.5 Å². The average molecular weight is 495 g/mol. The van der Waals surface area contributed by atoms with Crippen molar-refractivity contribution < 1.29 is 4.79 Å². The van der Waals surface area contributed by atoms with Crippen LogP contribution in [0.1, 0.15) is 32.4 Å². The molecule has 2 aromatic carbocycles. The third kappa shape index (κ3) is 4.00. The van der Waals surface area contributed by atoms with Gasteiger partial charge in [0.1, 0.15) is 10.5 Å². The maximum Gasteiger partial charge on any atom is 0.266 e. The highest BCUT2D eigenvalue weighted by Gasteiger charge is 2.29. The average Bonchev–Trinajstić information content (AvgIpc) is 3.36. The quantitative estimate of drug-likeness (QED) is 0.361. The maximum absolute atomic E-state index is 13.4. The van der Waals surface area contributed by atoms with Crippen molar-refractivity contribution in [1.82, 2.24) is 19.2 Å². The SMILES string of the molecule is Cc1cccn2c(=O)c3cc(C(=O)N4CCN(C(c5ccccc5)c5ccccc5)CC4)sc3nc12. The fourth-order valence-corrected chi connectivity index (χ4v) is 6.08. The smallest absolute Gasteiger partial charge is 0.266 e. The molecule has 0 spiro atoms. The van der Waals surface area contributed by atoms with E-state index in [9.17, 15) is 9.59 Å². The molecule has 1 aliphatic heterocycles. The number of rotatable bonds is 4. The molecule has 0 atom stereocenters. The summed E-state index contributed by atoms with van der Waals surface area (Å²) in [6, 6.07) is 26.7. The van der Waals surface area contributed by atoms with Crippen molar-refractivity contribution in [2.45, 2.75) is 13.0 Å². The van der Waals surface area contributed by atoms with E-state index < -0.39 is 0 Å². The van der Waals surface area contributed by atoms with Crippen molar-refractivity contribution in [2.24, 2.45) is 0 Å². The van der Waals surface area contributed by atoms with E-state index in [0.717, 1.165) is 18.7 Å². The van der Waals surface area contributed by atoms with E-state index in [1.807, 2.05) is 36.1 Å². The largest absolute Gasteiger partial charge is 0.335 e. The molecule has 180 valence electrons. The lowest BCUT2D eigenvalue weighted by Crippen LogP contribution is -2.49. The highest BCUT2D eigenvalue weighted by Crippen LogP contribution is 2.30. The standard InChI is InChI=1S/C29H26N4O2S/c1-20-9-8-14-33-26(20)30-27-23(28(33)34)19-24(36-27)29(35)32-17-15-31(16-18-32)25(21-10-4-2-5-11-21)22-12-6-3-7-13-22/h2-14,19,25H,15-18H2,1H3. The Hall–Kier alpha value is -3.81. The molecule has 0 aliphatic carbocycles. The lowest BCUT2D eigenvalue weighted by molar-refractivity contribution is 0.0602. The number of hydrogen-bond donors (Lipinski definition) is 0. The first-order valence-electron chi connectivity index (χ1n) is 12.1. The zero-order valence-electron chi connectivity index (χ0n) is 20.0. The lowest BCUT2D eigenvalue weighted by Gasteiger charge is -2.39. The first-order chi connectivity index (χ1) is 17.6. The highest BCUT2D eigenvalue weighted by atomic mass is 32.1. The van der Waals surface area contributed by atoms with E-state index in [1.54, 1.807) is 16.7 Å². The van der Waals surface area contributed by atoms with Gasteiger partial charge >= 0.3 is 0 Å². The maximum atomic E-state index is 13.4. The molecule has 0 N–H and O–H groups in total. The van der Waals surface area contributed by atoms with Crippen LogP contribution < -0.4 is 5.56 Å². The Labute approximate surface area is 213 Å². The predicted octanol–water partition coefficient (Wildman–Crippen LogP) is 4.77. The van der Waals surface area contributed by atoms with Crippen LogP contribution in [0.4, 0.5) is 0 Å². The van der Waals surface area contributed by atoms with Crippen LogP contribution in [0.3, 0.4) is 0 Å². The number of piperazine rings is 1. The van der Waals surface area contributed by atoms with Gasteiger partial charge in [-0.3, -0.25) is 18.9 Å². The van der Waals surface area contributed by atoms with Gasteiger partial charge in [0, 0.05) is 32.4 Å². The molecular formula is C29H26N4O2S.